The van der Waals surface area contributed by atoms with E-state index >= 15 is 0 Å². The Morgan fingerprint density at radius 3 is 2.56 bits per heavy atom. The van der Waals surface area contributed by atoms with Gasteiger partial charge in [0, 0.05) is 39.9 Å². The average Bonchev–Trinajstić information content (AvgIpc) is 2.33. The third-order valence-electron chi connectivity index (χ3n) is 3.30. The van der Waals surface area contributed by atoms with Crippen molar-refractivity contribution in [2.75, 3.05) is 39.9 Å². The van der Waals surface area contributed by atoms with Gasteiger partial charge in [0.1, 0.15) is 0 Å². The van der Waals surface area contributed by atoms with Gasteiger partial charge in [-0.1, -0.05) is 0 Å². The highest BCUT2D eigenvalue weighted by molar-refractivity contribution is 4.73. The highest BCUT2D eigenvalue weighted by Crippen LogP contribution is 2.14. The Balaban J connectivity index is 2.12. The molecular formula is C12H26N2O2. The molecule has 0 spiro atoms. The predicted octanol–water partition coefficient (Wildman–Crippen LogP) is 0.851. The van der Waals surface area contributed by atoms with E-state index in [2.05, 4.69) is 11.8 Å². The van der Waals surface area contributed by atoms with Crippen molar-refractivity contribution in [2.24, 2.45) is 5.73 Å². The molecule has 4 heteroatoms. The van der Waals surface area contributed by atoms with Crippen LogP contribution >= 0.6 is 0 Å². The molecule has 0 radical (unpaired) electrons. The molecular weight excluding hydrogens is 204 g/mol. The van der Waals surface area contributed by atoms with Crippen molar-refractivity contribution < 1.29 is 9.47 Å². The Morgan fingerprint density at radius 1 is 1.38 bits per heavy atom. The van der Waals surface area contributed by atoms with Crippen molar-refractivity contribution >= 4 is 0 Å². The smallest absolute Gasteiger partial charge is 0.0705 e. The lowest BCUT2D eigenvalue weighted by Crippen LogP contribution is -2.39. The van der Waals surface area contributed by atoms with Gasteiger partial charge >= 0.3 is 0 Å². The molecule has 2 N–H and O–H groups in total. The Bertz CT molecular complexity index is 166. The van der Waals surface area contributed by atoms with Gasteiger partial charge in [-0.3, -0.25) is 0 Å². The quantitative estimate of drug-likeness (QED) is 0.704. The zero-order chi connectivity index (χ0) is 11.8. The summed E-state index contributed by atoms with van der Waals surface area (Å²) in [6, 6.07) is 0. The molecule has 0 saturated carbocycles. The van der Waals surface area contributed by atoms with Crippen molar-refractivity contribution in [3.63, 3.8) is 0 Å². The summed E-state index contributed by atoms with van der Waals surface area (Å²) in [4.78, 5) is 2.48. The van der Waals surface area contributed by atoms with E-state index in [4.69, 9.17) is 15.2 Å². The summed E-state index contributed by atoms with van der Waals surface area (Å²) in [5.74, 6) is 0. The second-order valence-electron chi connectivity index (χ2n) is 4.38. The molecule has 0 aromatic heterocycles. The molecule has 0 aromatic carbocycles. The fourth-order valence-corrected chi connectivity index (χ4v) is 2.19. The van der Waals surface area contributed by atoms with Crippen molar-refractivity contribution in [2.45, 2.75) is 38.4 Å². The summed E-state index contributed by atoms with van der Waals surface area (Å²) in [6.07, 6.45) is 4.05. The van der Waals surface area contributed by atoms with Crippen molar-refractivity contribution in [1.29, 1.82) is 0 Å². The minimum Gasteiger partial charge on any atom is -0.380 e. The van der Waals surface area contributed by atoms with E-state index in [0.29, 0.717) is 12.6 Å². The highest BCUT2D eigenvalue weighted by Gasteiger charge is 2.19. The van der Waals surface area contributed by atoms with E-state index in [0.717, 1.165) is 45.5 Å². The van der Waals surface area contributed by atoms with Gasteiger partial charge in [-0.25, -0.2) is 0 Å². The van der Waals surface area contributed by atoms with Crippen LogP contribution in [0.3, 0.4) is 0 Å². The molecule has 1 saturated heterocycles. The van der Waals surface area contributed by atoms with Crippen LogP contribution in [0.4, 0.5) is 0 Å². The van der Waals surface area contributed by atoms with Crippen LogP contribution in [0.1, 0.15) is 26.2 Å². The van der Waals surface area contributed by atoms with Crippen LogP contribution in [0.5, 0.6) is 0 Å². The van der Waals surface area contributed by atoms with Crippen molar-refractivity contribution in [1.82, 2.24) is 4.90 Å². The van der Waals surface area contributed by atoms with E-state index in [1.54, 1.807) is 7.11 Å². The first-order chi connectivity index (χ1) is 7.80. The molecule has 1 rings (SSSR count). The third kappa shape index (κ3) is 4.78. The average molecular weight is 230 g/mol. The first kappa shape index (κ1) is 13.9. The van der Waals surface area contributed by atoms with E-state index in [1.807, 2.05) is 0 Å². The maximum absolute atomic E-state index is 5.63. The van der Waals surface area contributed by atoms with Gasteiger partial charge in [0.2, 0.25) is 0 Å². The first-order valence-corrected chi connectivity index (χ1v) is 6.37. The number of nitrogens with two attached hydrogens (primary N) is 1. The lowest BCUT2D eigenvalue weighted by molar-refractivity contribution is 0.00973. The van der Waals surface area contributed by atoms with Crippen LogP contribution in [0, 0.1) is 0 Å². The SMILES string of the molecule is CCOC1CCN(CCC(CN)OC)CC1. The molecule has 1 atom stereocenters. The zero-order valence-corrected chi connectivity index (χ0v) is 10.7. The predicted molar refractivity (Wildman–Crippen MR) is 65.6 cm³/mol. The molecule has 16 heavy (non-hydrogen) atoms. The zero-order valence-electron chi connectivity index (χ0n) is 10.7. The van der Waals surface area contributed by atoms with Gasteiger partial charge in [-0.2, -0.15) is 0 Å². The standard InChI is InChI=1S/C12H26N2O2/c1-3-16-11-4-7-14(8-5-11)9-6-12(10-13)15-2/h11-12H,3-10,13H2,1-2H3. The molecule has 1 aliphatic heterocycles. The Morgan fingerprint density at radius 2 is 2.06 bits per heavy atom. The van der Waals surface area contributed by atoms with Gasteiger partial charge < -0.3 is 20.1 Å². The largest absolute Gasteiger partial charge is 0.380 e. The molecule has 1 aliphatic rings. The van der Waals surface area contributed by atoms with Gasteiger partial charge in [0.05, 0.1) is 12.2 Å². The molecule has 1 unspecified atom stereocenters. The lowest BCUT2D eigenvalue weighted by Gasteiger charge is -2.32. The minimum atomic E-state index is 0.213. The fraction of sp³-hybridized carbons (Fsp3) is 1.00. The summed E-state index contributed by atoms with van der Waals surface area (Å²) in [6.45, 7) is 6.90. The van der Waals surface area contributed by atoms with Crippen LogP contribution < -0.4 is 5.73 Å². The Hall–Kier alpha value is -0.160. The second kappa shape index (κ2) is 8.01. The molecule has 96 valence electrons. The molecule has 0 aliphatic carbocycles. The van der Waals surface area contributed by atoms with Crippen LogP contribution in [-0.2, 0) is 9.47 Å². The first-order valence-electron chi connectivity index (χ1n) is 6.37. The second-order valence-corrected chi connectivity index (χ2v) is 4.38. The van der Waals surface area contributed by atoms with Crippen LogP contribution in [0.2, 0.25) is 0 Å². The molecule has 1 fully saturated rings. The fourth-order valence-electron chi connectivity index (χ4n) is 2.19. The summed E-state index contributed by atoms with van der Waals surface area (Å²) >= 11 is 0. The molecule has 4 nitrogen and oxygen atoms in total. The van der Waals surface area contributed by atoms with Crippen molar-refractivity contribution in [3.8, 4) is 0 Å². The lowest BCUT2D eigenvalue weighted by atomic mass is 10.1. The number of ether oxygens (including phenoxy) is 2. The molecule has 0 aromatic rings. The number of likely N-dealkylation sites (tertiary alicyclic amines) is 1. The van der Waals surface area contributed by atoms with Crippen molar-refractivity contribution in [3.05, 3.63) is 0 Å². The van der Waals surface area contributed by atoms with E-state index < -0.39 is 0 Å². The number of piperidine rings is 1. The Labute approximate surface area is 99.1 Å². The van der Waals surface area contributed by atoms with E-state index in [9.17, 15) is 0 Å². The maximum Gasteiger partial charge on any atom is 0.0705 e. The highest BCUT2D eigenvalue weighted by atomic mass is 16.5. The summed E-state index contributed by atoms with van der Waals surface area (Å²) in [5, 5.41) is 0. The van der Waals surface area contributed by atoms with Crippen LogP contribution in [0.15, 0.2) is 0 Å². The summed E-state index contributed by atoms with van der Waals surface area (Å²) < 4.78 is 10.9. The molecule has 0 bridgehead atoms. The van der Waals surface area contributed by atoms with Crippen LogP contribution in [-0.4, -0.2) is 57.0 Å². The number of methoxy groups -OCH3 is 1. The monoisotopic (exact) mass is 230 g/mol. The number of nitrogens with zero attached hydrogens (tertiary/aromatic N) is 1. The maximum atomic E-state index is 5.63. The van der Waals surface area contributed by atoms with Gasteiger partial charge in [0.15, 0.2) is 0 Å². The number of rotatable bonds is 7. The summed E-state index contributed by atoms with van der Waals surface area (Å²) in [5.41, 5.74) is 5.60. The Kier molecular flexibility index (Phi) is 6.96. The normalized spacial score (nSPS) is 21.2. The minimum absolute atomic E-state index is 0.213. The van der Waals surface area contributed by atoms with Gasteiger partial charge in [0.25, 0.3) is 0 Å². The van der Waals surface area contributed by atoms with E-state index in [1.165, 1.54) is 0 Å². The number of hydrogen-bond donors (Lipinski definition) is 1. The topological polar surface area (TPSA) is 47.7 Å². The van der Waals surface area contributed by atoms with Gasteiger partial charge in [-0.15, -0.1) is 0 Å². The molecule has 0 amide bonds. The number of hydrogen-bond acceptors (Lipinski definition) is 4. The van der Waals surface area contributed by atoms with Crippen LogP contribution in [0.25, 0.3) is 0 Å². The third-order valence-corrected chi connectivity index (χ3v) is 3.30. The molecule has 1 heterocycles. The van der Waals surface area contributed by atoms with Gasteiger partial charge in [-0.05, 0) is 26.2 Å². The summed E-state index contributed by atoms with van der Waals surface area (Å²) in [7, 11) is 1.73. The van der Waals surface area contributed by atoms with E-state index in [-0.39, 0.29) is 6.10 Å².